The number of carboxylic acids is 1. The molecule has 0 radical (unpaired) electrons. The van der Waals surface area contributed by atoms with Gasteiger partial charge in [0.25, 0.3) is 0 Å². The van der Waals surface area contributed by atoms with Crippen LogP contribution in [-0.2, 0) is 24.4 Å². The van der Waals surface area contributed by atoms with Crippen molar-refractivity contribution >= 4 is 5.97 Å². The van der Waals surface area contributed by atoms with Gasteiger partial charge in [0.1, 0.15) is 11.9 Å². The summed E-state index contributed by atoms with van der Waals surface area (Å²) in [7, 11) is 0. The molecular formula is C18H23N3O5. The molecule has 140 valence electrons. The van der Waals surface area contributed by atoms with Crippen LogP contribution in [0.5, 0.6) is 5.75 Å². The molecule has 26 heavy (non-hydrogen) atoms. The molecule has 0 saturated carbocycles. The van der Waals surface area contributed by atoms with Gasteiger partial charge in [0.05, 0.1) is 18.0 Å². The van der Waals surface area contributed by atoms with Gasteiger partial charge in [0.15, 0.2) is 6.61 Å². The first kappa shape index (κ1) is 18.4. The van der Waals surface area contributed by atoms with Crippen LogP contribution in [0.4, 0.5) is 0 Å². The van der Waals surface area contributed by atoms with Gasteiger partial charge in [-0.3, -0.25) is 9.58 Å². The highest BCUT2D eigenvalue weighted by Crippen LogP contribution is 2.23. The molecule has 1 aromatic heterocycles. The van der Waals surface area contributed by atoms with Crippen LogP contribution in [0.25, 0.3) is 0 Å². The van der Waals surface area contributed by atoms with Crippen LogP contribution in [0.15, 0.2) is 30.3 Å². The second kappa shape index (κ2) is 8.31. The molecule has 0 fully saturated rings. The fourth-order valence-electron chi connectivity index (χ4n) is 3.10. The van der Waals surface area contributed by atoms with Gasteiger partial charge < -0.3 is 20.1 Å². The molecule has 1 atom stereocenters. The summed E-state index contributed by atoms with van der Waals surface area (Å²) in [5.74, 6) is -0.433. The molecule has 2 aromatic rings. The van der Waals surface area contributed by atoms with Crippen LogP contribution >= 0.6 is 0 Å². The van der Waals surface area contributed by atoms with Crippen molar-refractivity contribution in [1.82, 2.24) is 14.7 Å². The van der Waals surface area contributed by atoms with E-state index in [1.165, 1.54) is 0 Å². The number of ether oxygens (including phenoxy) is 1. The summed E-state index contributed by atoms with van der Waals surface area (Å²) in [5.41, 5.74) is 2.39. The topological polar surface area (TPSA) is 108 Å². The Bertz CT molecular complexity index is 761. The number of benzene rings is 1. The molecule has 1 aromatic carbocycles. The number of aryl methyl sites for hydroxylation is 1. The van der Waals surface area contributed by atoms with Gasteiger partial charge >= 0.3 is 5.97 Å². The number of hydrogen-bond acceptors (Lipinski definition) is 6. The first-order chi connectivity index (χ1) is 12.6. The van der Waals surface area contributed by atoms with Crippen molar-refractivity contribution < 1.29 is 24.9 Å². The van der Waals surface area contributed by atoms with Gasteiger partial charge in [-0.2, -0.15) is 5.10 Å². The summed E-state index contributed by atoms with van der Waals surface area (Å²) < 4.78 is 7.26. The average Bonchev–Trinajstić information content (AvgIpc) is 2.93. The van der Waals surface area contributed by atoms with Crippen molar-refractivity contribution in [2.75, 3.05) is 19.8 Å². The number of aromatic nitrogens is 2. The standard InChI is InChI=1S/C18H23N3O5/c22-11-16(23)15-8-14-10-20(6-3-7-21(14)19-15)9-13-4-1-2-5-17(13)26-12-18(24)25/h1-2,4-5,8,16,22-23H,3,6-7,9-12H2,(H,24,25)/t16-/m1/s1. The van der Waals surface area contributed by atoms with Gasteiger partial charge in [-0.25, -0.2) is 4.79 Å². The van der Waals surface area contributed by atoms with E-state index in [0.717, 1.165) is 30.8 Å². The highest BCUT2D eigenvalue weighted by Gasteiger charge is 2.20. The van der Waals surface area contributed by atoms with Crippen LogP contribution in [0.1, 0.15) is 29.5 Å². The molecule has 8 nitrogen and oxygen atoms in total. The summed E-state index contributed by atoms with van der Waals surface area (Å²) in [6, 6.07) is 9.25. The zero-order valence-electron chi connectivity index (χ0n) is 14.4. The summed E-state index contributed by atoms with van der Waals surface area (Å²) in [6.45, 7) is 2.17. The molecular weight excluding hydrogens is 338 g/mol. The highest BCUT2D eigenvalue weighted by atomic mass is 16.5. The predicted molar refractivity (Wildman–Crippen MR) is 92.6 cm³/mol. The second-order valence-corrected chi connectivity index (χ2v) is 6.34. The monoisotopic (exact) mass is 361 g/mol. The number of carbonyl (C=O) groups is 1. The number of fused-ring (bicyclic) bond motifs is 1. The van der Waals surface area contributed by atoms with E-state index in [4.69, 9.17) is 14.9 Å². The van der Waals surface area contributed by atoms with Crippen LogP contribution < -0.4 is 4.74 Å². The normalized spacial score (nSPS) is 15.9. The fraction of sp³-hybridized carbons (Fsp3) is 0.444. The second-order valence-electron chi connectivity index (χ2n) is 6.34. The first-order valence-electron chi connectivity index (χ1n) is 8.57. The number of rotatable bonds is 7. The van der Waals surface area contributed by atoms with E-state index >= 15 is 0 Å². The van der Waals surface area contributed by atoms with Crippen molar-refractivity contribution in [3.05, 3.63) is 47.3 Å². The number of aliphatic hydroxyl groups excluding tert-OH is 2. The molecule has 0 amide bonds. The maximum Gasteiger partial charge on any atom is 0.341 e. The van der Waals surface area contributed by atoms with E-state index < -0.39 is 12.1 Å². The SMILES string of the molecule is O=C(O)COc1ccccc1CN1CCCn2nc([C@H](O)CO)cc2C1. The smallest absolute Gasteiger partial charge is 0.341 e. The summed E-state index contributed by atoms with van der Waals surface area (Å²) in [6.07, 6.45) is -0.0605. The maximum absolute atomic E-state index is 10.8. The van der Waals surface area contributed by atoms with Crippen molar-refractivity contribution in [3.8, 4) is 5.75 Å². The van der Waals surface area contributed by atoms with Gasteiger partial charge in [0.2, 0.25) is 0 Å². The number of nitrogens with zero attached hydrogens (tertiary/aromatic N) is 3. The fourth-order valence-corrected chi connectivity index (χ4v) is 3.10. The van der Waals surface area contributed by atoms with E-state index in [-0.39, 0.29) is 13.2 Å². The molecule has 0 spiro atoms. The Morgan fingerprint density at radius 1 is 1.31 bits per heavy atom. The molecule has 0 bridgehead atoms. The zero-order chi connectivity index (χ0) is 18.5. The highest BCUT2D eigenvalue weighted by molar-refractivity contribution is 5.68. The van der Waals surface area contributed by atoms with E-state index in [1.54, 1.807) is 6.07 Å². The molecule has 1 aliphatic rings. The van der Waals surface area contributed by atoms with E-state index in [9.17, 15) is 9.90 Å². The lowest BCUT2D eigenvalue weighted by molar-refractivity contribution is -0.139. The summed E-state index contributed by atoms with van der Waals surface area (Å²) in [4.78, 5) is 13.0. The predicted octanol–water partition coefficient (Wildman–Crippen LogP) is 0.778. The van der Waals surface area contributed by atoms with Gasteiger partial charge in [-0.05, 0) is 18.6 Å². The quantitative estimate of drug-likeness (QED) is 0.669. The molecule has 3 rings (SSSR count). The van der Waals surface area contributed by atoms with E-state index in [2.05, 4.69) is 10.00 Å². The lowest BCUT2D eigenvalue weighted by Gasteiger charge is -2.21. The van der Waals surface area contributed by atoms with E-state index in [1.807, 2.05) is 28.9 Å². The molecule has 3 N–H and O–H groups in total. The largest absolute Gasteiger partial charge is 0.482 e. The van der Waals surface area contributed by atoms with E-state index in [0.29, 0.717) is 24.5 Å². The van der Waals surface area contributed by atoms with Crippen molar-refractivity contribution in [3.63, 3.8) is 0 Å². The van der Waals surface area contributed by atoms with Crippen LogP contribution in [0.2, 0.25) is 0 Å². The van der Waals surface area contributed by atoms with Crippen molar-refractivity contribution in [1.29, 1.82) is 0 Å². The van der Waals surface area contributed by atoms with Crippen molar-refractivity contribution in [2.45, 2.75) is 32.2 Å². The lowest BCUT2D eigenvalue weighted by Crippen LogP contribution is -2.23. The minimum atomic E-state index is -1.01. The Morgan fingerprint density at radius 3 is 2.88 bits per heavy atom. The summed E-state index contributed by atoms with van der Waals surface area (Å²) >= 11 is 0. The van der Waals surface area contributed by atoms with Gasteiger partial charge in [0, 0.05) is 31.7 Å². The number of aliphatic hydroxyl groups is 2. The number of para-hydroxylation sites is 1. The van der Waals surface area contributed by atoms with Gasteiger partial charge in [-0.1, -0.05) is 18.2 Å². The Morgan fingerprint density at radius 2 is 2.12 bits per heavy atom. The number of carboxylic acid groups (broad SMARTS) is 1. The lowest BCUT2D eigenvalue weighted by atomic mass is 10.1. The number of hydrogen-bond donors (Lipinski definition) is 3. The Balaban J connectivity index is 1.73. The maximum atomic E-state index is 10.8. The third-order valence-electron chi connectivity index (χ3n) is 4.34. The third-order valence-corrected chi connectivity index (χ3v) is 4.34. The zero-order valence-corrected chi connectivity index (χ0v) is 14.4. The van der Waals surface area contributed by atoms with Crippen LogP contribution in [0.3, 0.4) is 0 Å². The number of aliphatic carboxylic acids is 1. The Kier molecular flexibility index (Phi) is 5.87. The molecule has 0 saturated heterocycles. The molecule has 1 aliphatic heterocycles. The van der Waals surface area contributed by atoms with Gasteiger partial charge in [-0.15, -0.1) is 0 Å². The molecule has 0 aliphatic carbocycles. The Labute approximate surface area is 151 Å². The molecule has 8 heteroatoms. The minimum Gasteiger partial charge on any atom is -0.482 e. The minimum absolute atomic E-state index is 0.353. The third kappa shape index (κ3) is 4.40. The van der Waals surface area contributed by atoms with Crippen LogP contribution in [-0.4, -0.2) is 55.7 Å². The van der Waals surface area contributed by atoms with Crippen molar-refractivity contribution in [2.24, 2.45) is 0 Å². The summed E-state index contributed by atoms with van der Waals surface area (Å²) in [5, 5.41) is 32.1. The Hall–Kier alpha value is -2.42. The first-order valence-corrected chi connectivity index (χ1v) is 8.57. The molecule has 0 unspecified atom stereocenters. The van der Waals surface area contributed by atoms with Crippen LogP contribution in [0, 0.1) is 0 Å². The molecule has 2 heterocycles. The average molecular weight is 361 g/mol.